The molecule has 5 heterocycles. The summed E-state index contributed by atoms with van der Waals surface area (Å²) in [4.78, 5) is 50.4. The van der Waals surface area contributed by atoms with Crippen LogP contribution in [0.25, 0.3) is 0 Å². The molecule has 40 heavy (non-hydrogen) atoms. The number of allylic oxidation sites excluding steroid dienone is 2. The van der Waals surface area contributed by atoms with Crippen LogP contribution in [-0.2, 0) is 19.2 Å². The lowest BCUT2D eigenvalue weighted by molar-refractivity contribution is -0.150. The molecule has 4 aliphatic heterocycles. The molecule has 1 saturated heterocycles. The maximum atomic E-state index is 13.1. The molecule has 6 N–H and O–H groups in total. The Kier molecular flexibility index (Phi) is 8.24. The van der Waals surface area contributed by atoms with Gasteiger partial charge >= 0.3 is 5.97 Å². The molecular weight excluding hydrogens is 581 g/mol. The Morgan fingerprint density at radius 1 is 1.38 bits per heavy atom. The van der Waals surface area contributed by atoms with E-state index in [1.54, 1.807) is 17.1 Å². The molecular formula is C23H26N8O6S3. The molecule has 0 radical (unpaired) electrons. The maximum Gasteiger partial charge on any atom is 0.352 e. The van der Waals surface area contributed by atoms with E-state index in [2.05, 4.69) is 20.9 Å². The number of thiazole rings is 1. The minimum atomic E-state index is -1.21. The van der Waals surface area contributed by atoms with Gasteiger partial charge in [-0.25, -0.2) is 14.8 Å². The summed E-state index contributed by atoms with van der Waals surface area (Å²) in [5.41, 5.74) is 9.51. The van der Waals surface area contributed by atoms with E-state index in [-0.39, 0.29) is 35.4 Å². The van der Waals surface area contributed by atoms with Crippen LogP contribution in [0, 0.1) is 0 Å². The number of β-lactam (4-membered cyclic amide) rings is 1. The second-order valence-corrected chi connectivity index (χ2v) is 11.8. The highest BCUT2D eigenvalue weighted by Crippen LogP contribution is 2.41. The number of aliphatic hydroxyl groups excluding tert-OH is 1. The number of anilines is 1. The number of carbonyl (C=O) groups is 3. The number of carboxylic acid groups (broad SMARTS) is 1. The van der Waals surface area contributed by atoms with Crippen molar-refractivity contribution in [3.63, 3.8) is 0 Å². The number of nitrogens with two attached hydrogens (primary N) is 1. The van der Waals surface area contributed by atoms with Gasteiger partial charge in [-0.15, -0.1) is 34.9 Å². The summed E-state index contributed by atoms with van der Waals surface area (Å²) in [5.74, 6) is -0.483. The zero-order chi connectivity index (χ0) is 28.4. The molecule has 0 spiro atoms. The quantitative estimate of drug-likeness (QED) is 0.0998. The molecule has 212 valence electrons. The first-order chi connectivity index (χ1) is 19.3. The van der Waals surface area contributed by atoms with E-state index in [0.29, 0.717) is 17.7 Å². The van der Waals surface area contributed by atoms with Gasteiger partial charge in [0.05, 0.1) is 5.03 Å². The third-order valence-corrected chi connectivity index (χ3v) is 9.22. The lowest BCUT2D eigenvalue weighted by Crippen LogP contribution is -2.71. The van der Waals surface area contributed by atoms with Gasteiger partial charge in [0.1, 0.15) is 35.7 Å². The Hall–Kier alpha value is -3.67. The van der Waals surface area contributed by atoms with Gasteiger partial charge in [0.15, 0.2) is 10.8 Å². The first-order valence-corrected chi connectivity index (χ1v) is 14.9. The van der Waals surface area contributed by atoms with Gasteiger partial charge in [-0.1, -0.05) is 5.16 Å². The average Bonchev–Trinajstić information content (AvgIpc) is 3.55. The smallest absolute Gasteiger partial charge is 0.352 e. The van der Waals surface area contributed by atoms with Crippen molar-refractivity contribution >= 4 is 63.5 Å². The topological polar surface area (TPSA) is 186 Å². The lowest BCUT2D eigenvalue weighted by Gasteiger charge is -2.49. The minimum Gasteiger partial charge on any atom is -0.477 e. The Morgan fingerprint density at radius 2 is 2.20 bits per heavy atom. The Bertz CT molecular complexity index is 1370. The number of aromatic nitrogens is 1. The van der Waals surface area contributed by atoms with Crippen LogP contribution in [-0.4, -0.2) is 96.7 Å². The number of nitrogens with zero attached hydrogens (tertiary/aromatic N) is 5. The first-order valence-electron chi connectivity index (χ1n) is 12.0. The van der Waals surface area contributed by atoms with Crippen molar-refractivity contribution in [3.05, 3.63) is 57.7 Å². The molecule has 2 atom stereocenters. The molecule has 1 aromatic heterocycles. The fourth-order valence-electron chi connectivity index (χ4n) is 4.39. The summed E-state index contributed by atoms with van der Waals surface area (Å²) >= 11 is 4.10. The highest BCUT2D eigenvalue weighted by molar-refractivity contribution is 8.03. The number of aliphatic carboxylic acids is 1. The average molecular weight is 607 g/mol. The van der Waals surface area contributed by atoms with Crippen molar-refractivity contribution in [1.29, 1.82) is 0 Å². The number of aliphatic hydroxyl groups is 1. The van der Waals surface area contributed by atoms with E-state index < -0.39 is 29.2 Å². The van der Waals surface area contributed by atoms with Crippen molar-refractivity contribution in [2.75, 3.05) is 37.5 Å². The van der Waals surface area contributed by atoms with Crippen LogP contribution in [0.4, 0.5) is 5.13 Å². The summed E-state index contributed by atoms with van der Waals surface area (Å²) in [7, 11) is 1.28. The number of carboxylic acids is 1. The predicted molar refractivity (Wildman–Crippen MR) is 151 cm³/mol. The molecule has 0 bridgehead atoms. The van der Waals surface area contributed by atoms with Gasteiger partial charge in [-0.3, -0.25) is 19.9 Å². The second kappa shape index (κ2) is 11.8. The van der Waals surface area contributed by atoms with Crippen molar-refractivity contribution in [2.24, 2.45) is 5.16 Å². The Labute approximate surface area is 241 Å². The largest absolute Gasteiger partial charge is 0.477 e. The minimum absolute atomic E-state index is 0.0793. The third-order valence-electron chi connectivity index (χ3n) is 6.17. The zero-order valence-electron chi connectivity index (χ0n) is 21.1. The van der Waals surface area contributed by atoms with E-state index in [0.717, 1.165) is 27.9 Å². The molecule has 1 aromatic rings. The normalized spacial score (nSPS) is 21.8. The summed E-state index contributed by atoms with van der Waals surface area (Å²) in [6, 6.07) is -0.939. The zero-order valence-corrected chi connectivity index (χ0v) is 23.6. The van der Waals surface area contributed by atoms with E-state index >= 15 is 0 Å². The standard InChI is InChI=1S/C23H26N8O6S3/c1-37-28-16(13-11-40-23(24)25-13)19(33)26-17-20(34)31-18(22(35)36)12(10-39-21(17)31)9-29-5-6-30-15(29)4-3-14(27-30)38-8-2-7-32/h3-6,11,17,21,27,32H,2,7-10H2,1H3,(H2,24,25)(H,26,33)(H,35,36)/b28-16-/t17-,21+/m1/s1. The van der Waals surface area contributed by atoms with Gasteiger partial charge in [0, 0.05) is 42.4 Å². The Balaban J connectivity index is 1.29. The number of hydrazine groups is 1. The van der Waals surface area contributed by atoms with Crippen molar-refractivity contribution < 1.29 is 29.4 Å². The van der Waals surface area contributed by atoms with Gasteiger partial charge in [-0.05, 0) is 24.1 Å². The number of carbonyl (C=O) groups excluding carboxylic acids is 2. The molecule has 0 saturated carbocycles. The Morgan fingerprint density at radius 3 is 2.90 bits per heavy atom. The number of thioether (sulfide) groups is 2. The maximum absolute atomic E-state index is 13.1. The first kappa shape index (κ1) is 27.9. The molecule has 0 aromatic carbocycles. The van der Waals surface area contributed by atoms with Crippen LogP contribution in [0.2, 0.25) is 0 Å². The van der Waals surface area contributed by atoms with Crippen LogP contribution >= 0.6 is 34.9 Å². The van der Waals surface area contributed by atoms with E-state index in [4.69, 9.17) is 15.7 Å². The van der Waals surface area contributed by atoms with Crippen molar-refractivity contribution in [3.8, 4) is 0 Å². The summed E-state index contributed by atoms with van der Waals surface area (Å²) < 4.78 is 0. The van der Waals surface area contributed by atoms with E-state index in [1.165, 1.54) is 23.8 Å². The molecule has 17 heteroatoms. The number of hydrogen-bond donors (Lipinski definition) is 5. The highest BCUT2D eigenvalue weighted by Gasteiger charge is 2.54. The van der Waals surface area contributed by atoms with Crippen LogP contribution in [0.5, 0.6) is 0 Å². The monoisotopic (exact) mass is 606 g/mol. The van der Waals surface area contributed by atoms with Crippen molar-refractivity contribution in [1.82, 2.24) is 30.5 Å². The van der Waals surface area contributed by atoms with Gasteiger partial charge in [0.2, 0.25) is 0 Å². The second-order valence-electron chi connectivity index (χ2n) is 8.70. The van der Waals surface area contributed by atoms with E-state index in [1.807, 2.05) is 34.5 Å². The van der Waals surface area contributed by atoms with Crippen molar-refractivity contribution in [2.45, 2.75) is 17.8 Å². The molecule has 0 unspecified atom stereocenters. The molecule has 14 nitrogen and oxygen atoms in total. The lowest BCUT2D eigenvalue weighted by atomic mass is 10.0. The predicted octanol–water partition coefficient (Wildman–Crippen LogP) is 0.220. The van der Waals surface area contributed by atoms with Crippen LogP contribution in [0.1, 0.15) is 12.1 Å². The fraction of sp³-hybridized carbons (Fsp3) is 0.348. The molecule has 1 fully saturated rings. The number of nitrogen functional groups attached to an aromatic ring is 1. The fourth-order valence-corrected chi connectivity index (χ4v) is 7.09. The summed E-state index contributed by atoms with van der Waals surface area (Å²) in [6.45, 7) is 0.399. The van der Waals surface area contributed by atoms with Crippen LogP contribution in [0.15, 0.2) is 57.2 Å². The van der Waals surface area contributed by atoms with Crippen LogP contribution in [0.3, 0.4) is 0 Å². The van der Waals surface area contributed by atoms with Gasteiger partial charge in [0.25, 0.3) is 11.8 Å². The number of nitrogens with one attached hydrogen (secondary N) is 2. The molecule has 5 rings (SSSR count). The van der Waals surface area contributed by atoms with Gasteiger partial charge in [-0.2, -0.15) is 0 Å². The number of rotatable bonds is 11. The summed E-state index contributed by atoms with van der Waals surface area (Å²) in [5, 5.41) is 29.4. The summed E-state index contributed by atoms with van der Waals surface area (Å²) in [6.07, 6.45) is 8.21. The SMILES string of the molecule is CO/N=C(\C(=O)N[C@@H]1C(=O)N2C(C(=O)O)=C(CN3C=CN4NC(SCCCO)=CC=C34)CS[C@@H]12)c1csc(N)n1. The number of amides is 2. The highest BCUT2D eigenvalue weighted by atomic mass is 32.2. The van der Waals surface area contributed by atoms with E-state index in [9.17, 15) is 19.5 Å². The number of oxime groups is 1. The molecule has 0 aliphatic carbocycles. The number of hydrogen-bond acceptors (Lipinski definition) is 14. The molecule has 4 aliphatic rings. The van der Waals surface area contributed by atoms with Gasteiger partial charge < -0.3 is 31.0 Å². The molecule has 2 amide bonds. The number of fused-ring (bicyclic) bond motifs is 2. The van der Waals surface area contributed by atoms with Crippen LogP contribution < -0.4 is 16.5 Å². The third kappa shape index (κ3) is 5.36.